The number of carbonyl (C=O) groups is 1. The number of rotatable bonds is 6. The molecule has 0 atom stereocenters. The number of unbranched alkanes of at least 4 members (excludes halogenated alkanes) is 1. The molecular formula is C12H25N3O2S. The molecule has 0 fully saturated rings. The van der Waals surface area contributed by atoms with Crippen LogP contribution in [0.2, 0.25) is 0 Å². The third-order valence-electron chi connectivity index (χ3n) is 2.12. The first kappa shape index (κ1) is 17.1. The van der Waals surface area contributed by atoms with Crippen LogP contribution in [0.15, 0.2) is 4.99 Å². The van der Waals surface area contributed by atoms with E-state index in [1.54, 1.807) is 4.31 Å². The van der Waals surface area contributed by atoms with Crippen LogP contribution in [0.5, 0.6) is 0 Å². The van der Waals surface area contributed by atoms with Gasteiger partial charge in [-0.2, -0.15) is 0 Å². The first-order valence-electron chi connectivity index (χ1n) is 6.38. The van der Waals surface area contributed by atoms with Crippen molar-refractivity contribution in [3.8, 4) is 0 Å². The molecule has 18 heavy (non-hydrogen) atoms. The van der Waals surface area contributed by atoms with Crippen molar-refractivity contribution in [2.24, 2.45) is 4.99 Å². The Kier molecular flexibility index (Phi) is 9.55. The van der Waals surface area contributed by atoms with Crippen molar-refractivity contribution in [2.45, 2.75) is 46.6 Å². The Morgan fingerprint density at radius 3 is 2.56 bits per heavy atom. The minimum Gasteiger partial charge on any atom is -0.465 e. The van der Waals surface area contributed by atoms with Gasteiger partial charge in [-0.15, -0.1) is 0 Å². The Bertz CT molecular complexity index is 270. The Hall–Kier alpha value is -0.910. The lowest BCUT2D eigenvalue weighted by molar-refractivity contribution is 0.218. The van der Waals surface area contributed by atoms with Crippen molar-refractivity contribution < 1.29 is 9.53 Å². The molecule has 0 aliphatic carbocycles. The van der Waals surface area contributed by atoms with Crippen LogP contribution in [0, 0.1) is 0 Å². The van der Waals surface area contributed by atoms with E-state index in [2.05, 4.69) is 17.2 Å². The predicted molar refractivity (Wildman–Crippen MR) is 77.9 cm³/mol. The molecule has 0 aromatic heterocycles. The zero-order valence-electron chi connectivity index (χ0n) is 12.0. The van der Waals surface area contributed by atoms with Gasteiger partial charge in [0.2, 0.25) is 0 Å². The lowest BCUT2D eigenvalue weighted by Crippen LogP contribution is -2.43. The van der Waals surface area contributed by atoms with Crippen molar-refractivity contribution in [2.75, 3.05) is 19.4 Å². The number of aliphatic imine (C=N–C) groups is 1. The zero-order valence-corrected chi connectivity index (χ0v) is 12.8. The smallest absolute Gasteiger partial charge is 0.335 e. The largest absolute Gasteiger partial charge is 0.465 e. The fourth-order valence-electron chi connectivity index (χ4n) is 1.25. The number of nitrogens with one attached hydrogen (secondary N) is 1. The first-order chi connectivity index (χ1) is 8.56. The van der Waals surface area contributed by atoms with Crippen LogP contribution in [-0.2, 0) is 4.74 Å². The molecule has 0 rings (SSSR count). The van der Waals surface area contributed by atoms with Crippen LogP contribution < -0.4 is 5.32 Å². The number of amides is 2. The molecule has 0 unspecified atom stereocenters. The minimum atomic E-state index is -0.193. The lowest BCUT2D eigenvalue weighted by atomic mass is 10.4. The Morgan fingerprint density at radius 2 is 2.11 bits per heavy atom. The SMILES string of the molecule is CCCCOC(=NCC)NC(=O)N(SC)C(C)C. The number of carbonyl (C=O) groups excluding carboxylic acids is 1. The maximum atomic E-state index is 12.0. The molecule has 2 amide bonds. The van der Waals surface area contributed by atoms with E-state index in [4.69, 9.17) is 4.74 Å². The predicted octanol–water partition coefficient (Wildman–Crippen LogP) is 2.88. The van der Waals surface area contributed by atoms with Gasteiger partial charge in [0.05, 0.1) is 6.61 Å². The number of nitrogens with zero attached hydrogens (tertiary/aromatic N) is 2. The maximum Gasteiger partial charge on any atom is 0.335 e. The second-order valence-electron chi connectivity index (χ2n) is 4.01. The van der Waals surface area contributed by atoms with Crippen molar-refractivity contribution in [3.63, 3.8) is 0 Å². The molecule has 0 radical (unpaired) electrons. The quantitative estimate of drug-likeness (QED) is 0.351. The number of hydrogen-bond acceptors (Lipinski definition) is 4. The summed E-state index contributed by atoms with van der Waals surface area (Å²) >= 11 is 1.39. The summed E-state index contributed by atoms with van der Waals surface area (Å²) in [6, 6.07) is 0.246. The molecule has 0 heterocycles. The van der Waals surface area contributed by atoms with E-state index in [1.165, 1.54) is 11.9 Å². The second-order valence-corrected chi connectivity index (χ2v) is 4.77. The van der Waals surface area contributed by atoms with E-state index >= 15 is 0 Å². The standard InChI is InChI=1S/C12H25N3O2S/c1-6-8-9-17-11(13-7-2)14-12(16)15(18-5)10(3)4/h10H,6-9H2,1-5H3,(H,13,14,16). The minimum absolute atomic E-state index is 0.124. The van der Waals surface area contributed by atoms with Crippen molar-refractivity contribution in [1.29, 1.82) is 0 Å². The summed E-state index contributed by atoms with van der Waals surface area (Å²) in [5.41, 5.74) is 0. The van der Waals surface area contributed by atoms with E-state index in [1.807, 2.05) is 27.0 Å². The fourth-order valence-corrected chi connectivity index (χ4v) is 1.89. The molecule has 5 nitrogen and oxygen atoms in total. The monoisotopic (exact) mass is 275 g/mol. The summed E-state index contributed by atoms with van der Waals surface area (Å²) in [6.07, 6.45) is 3.87. The van der Waals surface area contributed by atoms with E-state index in [0.717, 1.165) is 12.8 Å². The highest BCUT2D eigenvalue weighted by atomic mass is 32.2. The van der Waals surface area contributed by atoms with Crippen LogP contribution >= 0.6 is 11.9 Å². The van der Waals surface area contributed by atoms with Crippen LogP contribution in [0.25, 0.3) is 0 Å². The van der Waals surface area contributed by atoms with Crippen LogP contribution in [-0.4, -0.2) is 41.8 Å². The van der Waals surface area contributed by atoms with E-state index in [-0.39, 0.29) is 12.1 Å². The lowest BCUT2D eigenvalue weighted by Gasteiger charge is -2.24. The van der Waals surface area contributed by atoms with E-state index in [9.17, 15) is 4.79 Å². The Labute approximate surface area is 114 Å². The Morgan fingerprint density at radius 1 is 1.44 bits per heavy atom. The highest BCUT2D eigenvalue weighted by molar-refractivity contribution is 7.96. The molecule has 0 aromatic carbocycles. The maximum absolute atomic E-state index is 12.0. The molecule has 0 aliphatic heterocycles. The van der Waals surface area contributed by atoms with Gasteiger partial charge >= 0.3 is 6.03 Å². The summed E-state index contributed by atoms with van der Waals surface area (Å²) in [5.74, 6) is 0. The second kappa shape index (κ2) is 10.1. The summed E-state index contributed by atoms with van der Waals surface area (Å²) in [4.78, 5) is 16.1. The average molecular weight is 275 g/mol. The number of urea groups is 1. The van der Waals surface area contributed by atoms with Crippen LogP contribution in [0.3, 0.4) is 0 Å². The molecule has 6 heteroatoms. The van der Waals surface area contributed by atoms with Gasteiger partial charge in [0.15, 0.2) is 0 Å². The molecule has 0 saturated carbocycles. The van der Waals surface area contributed by atoms with E-state index in [0.29, 0.717) is 19.2 Å². The van der Waals surface area contributed by atoms with E-state index < -0.39 is 0 Å². The molecule has 1 N–H and O–H groups in total. The van der Waals surface area contributed by atoms with Crippen molar-refractivity contribution in [1.82, 2.24) is 9.62 Å². The Balaban J connectivity index is 4.39. The van der Waals surface area contributed by atoms with Gasteiger partial charge in [0, 0.05) is 18.8 Å². The molecular weight excluding hydrogens is 250 g/mol. The van der Waals surface area contributed by atoms with Gasteiger partial charge < -0.3 is 4.74 Å². The summed E-state index contributed by atoms with van der Waals surface area (Å²) in [7, 11) is 0. The van der Waals surface area contributed by atoms with Crippen molar-refractivity contribution in [3.05, 3.63) is 0 Å². The van der Waals surface area contributed by atoms with Crippen LogP contribution in [0.4, 0.5) is 4.79 Å². The van der Waals surface area contributed by atoms with Gasteiger partial charge in [-0.3, -0.25) is 9.62 Å². The number of ether oxygens (including phenoxy) is 1. The number of hydrogen-bond donors (Lipinski definition) is 1. The zero-order chi connectivity index (χ0) is 14.0. The molecule has 106 valence electrons. The molecule has 0 aliphatic rings. The third kappa shape index (κ3) is 6.74. The molecule has 0 aromatic rings. The van der Waals surface area contributed by atoms with Crippen molar-refractivity contribution >= 4 is 24.0 Å². The van der Waals surface area contributed by atoms with Gasteiger partial charge in [-0.1, -0.05) is 13.3 Å². The highest BCUT2D eigenvalue weighted by Crippen LogP contribution is 2.10. The summed E-state index contributed by atoms with van der Waals surface area (Å²) < 4.78 is 7.10. The third-order valence-corrected chi connectivity index (χ3v) is 3.10. The normalized spacial score (nSPS) is 11.6. The van der Waals surface area contributed by atoms with Gasteiger partial charge in [-0.05, 0) is 39.1 Å². The topological polar surface area (TPSA) is 53.9 Å². The average Bonchev–Trinajstić information content (AvgIpc) is 2.29. The highest BCUT2D eigenvalue weighted by Gasteiger charge is 2.17. The molecule has 0 saturated heterocycles. The molecule has 0 spiro atoms. The molecule has 0 bridgehead atoms. The summed E-state index contributed by atoms with van der Waals surface area (Å²) in [6.45, 7) is 9.09. The van der Waals surface area contributed by atoms with Gasteiger partial charge in [-0.25, -0.2) is 9.79 Å². The van der Waals surface area contributed by atoms with Gasteiger partial charge in [0.1, 0.15) is 0 Å². The fraction of sp³-hybridized carbons (Fsp3) is 0.833. The first-order valence-corrected chi connectivity index (χ1v) is 7.56. The summed E-state index contributed by atoms with van der Waals surface area (Å²) in [5, 5.41) is 2.70. The van der Waals surface area contributed by atoms with Gasteiger partial charge in [0.25, 0.3) is 6.02 Å². The number of amidine groups is 1. The van der Waals surface area contributed by atoms with Crippen LogP contribution in [0.1, 0.15) is 40.5 Å².